The summed E-state index contributed by atoms with van der Waals surface area (Å²) in [6.07, 6.45) is 4.00. The quantitative estimate of drug-likeness (QED) is 0.760. The van der Waals surface area contributed by atoms with Crippen molar-refractivity contribution in [3.63, 3.8) is 0 Å². The summed E-state index contributed by atoms with van der Waals surface area (Å²) in [5.41, 5.74) is 0.742. The van der Waals surface area contributed by atoms with Crippen LogP contribution in [0.4, 0.5) is 0 Å². The Morgan fingerprint density at radius 2 is 1.86 bits per heavy atom. The number of nitrogens with zero attached hydrogens (tertiary/aromatic N) is 1. The van der Waals surface area contributed by atoms with E-state index in [0.29, 0.717) is 10.9 Å². The maximum atomic E-state index is 12.7. The molecule has 0 spiro atoms. The minimum Gasteiger partial charge on any atom is -0.207 e. The highest BCUT2D eigenvalue weighted by molar-refractivity contribution is 7.89. The van der Waals surface area contributed by atoms with E-state index < -0.39 is 10.0 Å². The maximum Gasteiger partial charge on any atom is 0.243 e. The fourth-order valence-corrected chi connectivity index (χ4v) is 4.82. The molecule has 0 saturated heterocycles. The molecule has 0 radical (unpaired) electrons. The van der Waals surface area contributed by atoms with Crippen LogP contribution in [0.15, 0.2) is 23.1 Å². The zero-order valence-corrected chi connectivity index (χ0v) is 14.7. The molecule has 0 heterocycles. The van der Waals surface area contributed by atoms with Gasteiger partial charge in [-0.2, -0.15) is 4.31 Å². The minimum absolute atomic E-state index is 0.0812. The molecule has 0 aliphatic heterocycles. The molecule has 21 heavy (non-hydrogen) atoms. The van der Waals surface area contributed by atoms with Gasteiger partial charge in [0.15, 0.2) is 0 Å². The Morgan fingerprint density at radius 3 is 2.38 bits per heavy atom. The largest absolute Gasteiger partial charge is 0.243 e. The fraction of sp³-hybridized carbons (Fsp3) is 0.600. The second-order valence-electron chi connectivity index (χ2n) is 5.82. The van der Waals surface area contributed by atoms with E-state index in [1.54, 1.807) is 19.2 Å². The lowest BCUT2D eigenvalue weighted by atomic mass is 9.87. The first-order valence-corrected chi connectivity index (χ1v) is 9.54. The molecule has 1 aromatic carbocycles. The van der Waals surface area contributed by atoms with Gasteiger partial charge in [-0.25, -0.2) is 8.42 Å². The molecule has 0 aromatic heterocycles. The summed E-state index contributed by atoms with van der Waals surface area (Å²) >= 11 is 11.8. The number of hydrogen-bond donors (Lipinski definition) is 0. The first-order chi connectivity index (χ1) is 9.86. The van der Waals surface area contributed by atoms with Crippen LogP contribution >= 0.6 is 23.2 Å². The van der Waals surface area contributed by atoms with Crippen molar-refractivity contribution in [3.8, 4) is 0 Å². The highest BCUT2D eigenvalue weighted by atomic mass is 35.5. The molecule has 3 nitrogen and oxygen atoms in total. The lowest BCUT2D eigenvalue weighted by Gasteiger charge is -2.32. The standard InChI is InChI=1S/C15H21Cl2NO2S/c1-11-3-6-13(7-4-11)18(2)21(19,20)14-8-5-12(10-16)15(17)9-14/h5,8-9,11,13H,3-4,6-7,10H2,1-2H3. The molecular formula is C15H21Cl2NO2S. The fourth-order valence-electron chi connectivity index (χ4n) is 2.77. The molecular weight excluding hydrogens is 329 g/mol. The molecule has 0 amide bonds. The van der Waals surface area contributed by atoms with Gasteiger partial charge >= 0.3 is 0 Å². The zero-order valence-electron chi connectivity index (χ0n) is 12.4. The van der Waals surface area contributed by atoms with E-state index in [-0.39, 0.29) is 16.8 Å². The van der Waals surface area contributed by atoms with Crippen molar-refractivity contribution in [1.82, 2.24) is 4.31 Å². The van der Waals surface area contributed by atoms with E-state index in [2.05, 4.69) is 6.92 Å². The molecule has 118 valence electrons. The summed E-state index contributed by atoms with van der Waals surface area (Å²) in [4.78, 5) is 0.238. The molecule has 0 unspecified atom stereocenters. The Bertz CT molecular complexity index is 596. The van der Waals surface area contributed by atoms with E-state index in [0.717, 1.165) is 31.2 Å². The van der Waals surface area contributed by atoms with Crippen molar-refractivity contribution in [1.29, 1.82) is 0 Å². The number of alkyl halides is 1. The van der Waals surface area contributed by atoms with E-state index in [1.807, 2.05) is 0 Å². The predicted molar refractivity (Wildman–Crippen MR) is 87.4 cm³/mol. The van der Waals surface area contributed by atoms with E-state index in [9.17, 15) is 8.42 Å². The first kappa shape index (κ1) is 17.1. The second kappa shape index (κ2) is 6.86. The van der Waals surface area contributed by atoms with Gasteiger partial charge in [-0.3, -0.25) is 0 Å². The third kappa shape index (κ3) is 3.73. The summed E-state index contributed by atoms with van der Waals surface area (Å²) in [7, 11) is -1.83. The summed E-state index contributed by atoms with van der Waals surface area (Å²) in [5.74, 6) is 0.963. The lowest BCUT2D eigenvalue weighted by Crippen LogP contribution is -2.39. The molecule has 0 atom stereocenters. The van der Waals surface area contributed by atoms with E-state index in [1.165, 1.54) is 10.4 Å². The van der Waals surface area contributed by atoms with Gasteiger partial charge < -0.3 is 0 Å². The van der Waals surface area contributed by atoms with Crippen LogP contribution in [-0.4, -0.2) is 25.8 Å². The van der Waals surface area contributed by atoms with Crippen molar-refractivity contribution >= 4 is 33.2 Å². The van der Waals surface area contributed by atoms with Gasteiger partial charge in [0.05, 0.1) is 4.90 Å². The predicted octanol–water partition coefficient (Wildman–Crippen LogP) is 4.28. The average Bonchev–Trinajstić information content (AvgIpc) is 2.47. The smallest absolute Gasteiger partial charge is 0.207 e. The first-order valence-electron chi connectivity index (χ1n) is 7.18. The Morgan fingerprint density at radius 1 is 1.24 bits per heavy atom. The lowest BCUT2D eigenvalue weighted by molar-refractivity contribution is 0.246. The Labute approximate surface area is 137 Å². The van der Waals surface area contributed by atoms with Gasteiger partial charge in [0.25, 0.3) is 0 Å². The van der Waals surface area contributed by atoms with E-state index >= 15 is 0 Å². The van der Waals surface area contributed by atoms with Crippen LogP contribution < -0.4 is 0 Å². The molecule has 1 aliphatic rings. The maximum absolute atomic E-state index is 12.7. The molecule has 1 aromatic rings. The van der Waals surface area contributed by atoms with E-state index in [4.69, 9.17) is 23.2 Å². The van der Waals surface area contributed by atoms with Gasteiger partial charge in [-0.15, -0.1) is 11.6 Å². The topological polar surface area (TPSA) is 37.4 Å². The van der Waals surface area contributed by atoms with Gasteiger partial charge in [-0.1, -0.05) is 24.6 Å². The normalized spacial score (nSPS) is 23.5. The Balaban J connectivity index is 2.22. The zero-order chi connectivity index (χ0) is 15.6. The SMILES string of the molecule is CC1CCC(N(C)S(=O)(=O)c2ccc(CCl)c(Cl)c2)CC1. The van der Waals surface area contributed by atoms with Gasteiger partial charge in [0, 0.05) is 24.0 Å². The van der Waals surface area contributed by atoms with Crippen LogP contribution in [0, 0.1) is 5.92 Å². The molecule has 1 fully saturated rings. The van der Waals surface area contributed by atoms with Gasteiger partial charge in [0.2, 0.25) is 10.0 Å². The Kier molecular flexibility index (Phi) is 5.58. The van der Waals surface area contributed by atoms with Crippen LogP contribution in [0.5, 0.6) is 0 Å². The molecule has 0 N–H and O–H groups in total. The van der Waals surface area contributed by atoms with Crippen molar-refractivity contribution in [2.45, 2.75) is 49.4 Å². The third-order valence-corrected chi connectivity index (χ3v) is 6.89. The Hall–Kier alpha value is -0.290. The summed E-state index contributed by atoms with van der Waals surface area (Å²) < 4.78 is 26.9. The van der Waals surface area contributed by atoms with Crippen LogP contribution in [0.1, 0.15) is 38.2 Å². The molecule has 1 saturated carbocycles. The molecule has 0 bridgehead atoms. The summed E-state index contributed by atoms with van der Waals surface area (Å²) in [5, 5.41) is 0.400. The number of halogens is 2. The number of sulfonamides is 1. The molecule has 6 heteroatoms. The number of rotatable bonds is 4. The highest BCUT2D eigenvalue weighted by Gasteiger charge is 2.30. The van der Waals surface area contributed by atoms with Crippen molar-refractivity contribution in [2.75, 3.05) is 7.05 Å². The van der Waals surface area contributed by atoms with Crippen LogP contribution in [-0.2, 0) is 15.9 Å². The van der Waals surface area contributed by atoms with Crippen LogP contribution in [0.2, 0.25) is 5.02 Å². The van der Waals surface area contributed by atoms with Crippen molar-refractivity contribution < 1.29 is 8.42 Å². The monoisotopic (exact) mass is 349 g/mol. The van der Waals surface area contributed by atoms with Crippen molar-refractivity contribution in [3.05, 3.63) is 28.8 Å². The minimum atomic E-state index is -3.50. The second-order valence-corrected chi connectivity index (χ2v) is 8.49. The number of benzene rings is 1. The highest BCUT2D eigenvalue weighted by Crippen LogP contribution is 2.30. The summed E-state index contributed by atoms with van der Waals surface area (Å²) in [6, 6.07) is 4.84. The number of hydrogen-bond acceptors (Lipinski definition) is 2. The average molecular weight is 350 g/mol. The third-order valence-electron chi connectivity index (χ3n) is 4.35. The molecule has 2 rings (SSSR count). The van der Waals surface area contributed by atoms with Crippen molar-refractivity contribution in [2.24, 2.45) is 5.92 Å². The summed E-state index contributed by atoms with van der Waals surface area (Å²) in [6.45, 7) is 2.22. The van der Waals surface area contributed by atoms with Gasteiger partial charge in [-0.05, 0) is 49.3 Å². The van der Waals surface area contributed by atoms with Gasteiger partial charge in [0.1, 0.15) is 0 Å². The molecule has 1 aliphatic carbocycles. The van der Waals surface area contributed by atoms with Crippen LogP contribution in [0.3, 0.4) is 0 Å². The van der Waals surface area contributed by atoms with Crippen LogP contribution in [0.25, 0.3) is 0 Å².